The third-order valence-electron chi connectivity index (χ3n) is 3.30. The molecule has 5 heteroatoms. The van der Waals surface area contributed by atoms with Crippen LogP contribution in [-0.4, -0.2) is 17.7 Å². The number of anilines is 1. The van der Waals surface area contributed by atoms with E-state index in [1.807, 2.05) is 18.2 Å². The summed E-state index contributed by atoms with van der Waals surface area (Å²) in [6.07, 6.45) is 6.01. The van der Waals surface area contributed by atoms with Crippen LogP contribution in [0.5, 0.6) is 0 Å². The molecule has 0 aliphatic heterocycles. The van der Waals surface area contributed by atoms with E-state index in [2.05, 4.69) is 21.2 Å². The van der Waals surface area contributed by atoms with Gasteiger partial charge in [0.2, 0.25) is 5.91 Å². The topological polar surface area (TPSA) is 55.1 Å². The van der Waals surface area contributed by atoms with E-state index in [1.54, 1.807) is 0 Å². The lowest BCUT2D eigenvalue weighted by Gasteiger charge is -2.22. The first kappa shape index (κ1) is 14.7. The maximum atomic E-state index is 11.9. The van der Waals surface area contributed by atoms with Gasteiger partial charge in [-0.25, -0.2) is 0 Å². The van der Waals surface area contributed by atoms with E-state index >= 15 is 0 Å². The molecule has 1 amide bonds. The van der Waals surface area contributed by atoms with Crippen molar-refractivity contribution in [3.05, 3.63) is 22.7 Å². The highest BCUT2D eigenvalue weighted by Crippen LogP contribution is 2.28. The first-order valence-corrected chi connectivity index (χ1v) is 8.40. The Hall–Kier alpha value is -0.680. The standard InChI is InChI=1S/C14H19BrN2OS/c15-10-6-7-12(16)13(8-10)19-9-14(18)17-11-4-2-1-3-5-11/h6-8,11H,1-5,9,16H2,(H,17,18). The number of carbonyl (C=O) groups is 1. The molecular formula is C14H19BrN2OS. The predicted octanol–water partition coefficient (Wildman–Crippen LogP) is 3.57. The highest BCUT2D eigenvalue weighted by Gasteiger charge is 2.15. The Balaban J connectivity index is 1.81. The summed E-state index contributed by atoms with van der Waals surface area (Å²) in [5.74, 6) is 0.535. The molecule has 0 radical (unpaired) electrons. The van der Waals surface area contributed by atoms with E-state index < -0.39 is 0 Å². The second-order valence-corrected chi connectivity index (χ2v) is 6.81. The van der Waals surface area contributed by atoms with Crippen molar-refractivity contribution in [2.45, 2.75) is 43.0 Å². The second-order valence-electron chi connectivity index (χ2n) is 4.87. The molecule has 0 aromatic heterocycles. The molecule has 3 nitrogen and oxygen atoms in total. The highest BCUT2D eigenvalue weighted by molar-refractivity contribution is 9.10. The summed E-state index contributed by atoms with van der Waals surface area (Å²) >= 11 is 4.90. The number of rotatable bonds is 4. The predicted molar refractivity (Wildman–Crippen MR) is 84.3 cm³/mol. The summed E-state index contributed by atoms with van der Waals surface area (Å²) < 4.78 is 0.983. The minimum Gasteiger partial charge on any atom is -0.398 e. The van der Waals surface area contributed by atoms with Gasteiger partial charge in [-0.3, -0.25) is 4.79 Å². The van der Waals surface area contributed by atoms with Crippen molar-refractivity contribution < 1.29 is 4.79 Å². The molecule has 1 aromatic rings. The van der Waals surface area contributed by atoms with Gasteiger partial charge >= 0.3 is 0 Å². The maximum Gasteiger partial charge on any atom is 0.230 e. The van der Waals surface area contributed by atoms with Crippen LogP contribution in [0.2, 0.25) is 0 Å². The largest absolute Gasteiger partial charge is 0.398 e. The zero-order valence-electron chi connectivity index (χ0n) is 10.8. The van der Waals surface area contributed by atoms with Gasteiger partial charge in [0.05, 0.1) is 5.75 Å². The van der Waals surface area contributed by atoms with Crippen LogP contribution in [0.25, 0.3) is 0 Å². The minimum atomic E-state index is 0.108. The normalized spacial score (nSPS) is 16.3. The third kappa shape index (κ3) is 4.73. The molecular weight excluding hydrogens is 324 g/mol. The molecule has 19 heavy (non-hydrogen) atoms. The van der Waals surface area contributed by atoms with Crippen LogP contribution in [0.4, 0.5) is 5.69 Å². The molecule has 0 atom stereocenters. The van der Waals surface area contributed by atoms with E-state index in [0.717, 1.165) is 27.9 Å². The summed E-state index contributed by atoms with van der Waals surface area (Å²) in [5.41, 5.74) is 6.61. The molecule has 1 saturated carbocycles. The Bertz CT molecular complexity index is 447. The fourth-order valence-corrected chi connectivity index (χ4v) is 3.62. The van der Waals surface area contributed by atoms with Gasteiger partial charge in [0, 0.05) is 21.1 Å². The van der Waals surface area contributed by atoms with Crippen molar-refractivity contribution in [2.24, 2.45) is 0 Å². The van der Waals surface area contributed by atoms with E-state index in [1.165, 1.54) is 31.0 Å². The number of benzene rings is 1. The van der Waals surface area contributed by atoms with Crippen molar-refractivity contribution in [3.63, 3.8) is 0 Å². The minimum absolute atomic E-state index is 0.108. The zero-order valence-corrected chi connectivity index (χ0v) is 13.2. The number of nitrogens with two attached hydrogens (primary N) is 1. The first-order valence-electron chi connectivity index (χ1n) is 6.62. The van der Waals surface area contributed by atoms with Crippen molar-refractivity contribution in [1.29, 1.82) is 0 Å². The molecule has 0 bridgehead atoms. The van der Waals surface area contributed by atoms with Crippen LogP contribution in [0.3, 0.4) is 0 Å². The molecule has 104 valence electrons. The van der Waals surface area contributed by atoms with Gasteiger partial charge in [-0.05, 0) is 31.0 Å². The van der Waals surface area contributed by atoms with E-state index in [4.69, 9.17) is 5.73 Å². The number of nitrogen functional groups attached to an aromatic ring is 1. The summed E-state index contributed by atoms with van der Waals surface area (Å²) in [4.78, 5) is 12.8. The number of thioether (sulfide) groups is 1. The molecule has 0 heterocycles. The van der Waals surface area contributed by atoms with Crippen LogP contribution in [-0.2, 0) is 4.79 Å². The van der Waals surface area contributed by atoms with Crippen LogP contribution in [0.15, 0.2) is 27.6 Å². The summed E-state index contributed by atoms with van der Waals surface area (Å²) in [6, 6.07) is 6.09. The molecule has 0 spiro atoms. The number of hydrogen-bond acceptors (Lipinski definition) is 3. The van der Waals surface area contributed by atoms with Crippen molar-refractivity contribution in [2.75, 3.05) is 11.5 Å². The number of nitrogens with one attached hydrogen (secondary N) is 1. The quantitative estimate of drug-likeness (QED) is 0.649. The van der Waals surface area contributed by atoms with Gasteiger partial charge in [0.25, 0.3) is 0 Å². The van der Waals surface area contributed by atoms with Gasteiger partial charge in [-0.1, -0.05) is 35.2 Å². The Morgan fingerprint density at radius 2 is 2.11 bits per heavy atom. The number of amides is 1. The SMILES string of the molecule is Nc1ccc(Br)cc1SCC(=O)NC1CCCCC1. The molecule has 0 unspecified atom stereocenters. The molecule has 1 fully saturated rings. The van der Waals surface area contributed by atoms with Crippen molar-refractivity contribution in [3.8, 4) is 0 Å². The number of hydrogen-bond donors (Lipinski definition) is 2. The van der Waals surface area contributed by atoms with E-state index in [-0.39, 0.29) is 5.91 Å². The summed E-state index contributed by atoms with van der Waals surface area (Å²) in [5, 5.41) is 3.11. The lowest BCUT2D eigenvalue weighted by molar-refractivity contribution is -0.119. The Morgan fingerprint density at radius 1 is 1.37 bits per heavy atom. The maximum absolute atomic E-state index is 11.9. The average molecular weight is 343 g/mol. The van der Waals surface area contributed by atoms with Crippen molar-refractivity contribution >= 4 is 39.3 Å². The Morgan fingerprint density at radius 3 is 2.84 bits per heavy atom. The van der Waals surface area contributed by atoms with E-state index in [0.29, 0.717) is 11.8 Å². The molecule has 1 aromatic carbocycles. The van der Waals surface area contributed by atoms with E-state index in [9.17, 15) is 4.79 Å². The summed E-state index contributed by atoms with van der Waals surface area (Å²) in [6.45, 7) is 0. The van der Waals surface area contributed by atoms with Gasteiger partial charge in [-0.2, -0.15) is 0 Å². The van der Waals surface area contributed by atoms with Crippen LogP contribution in [0, 0.1) is 0 Å². The molecule has 1 aliphatic carbocycles. The average Bonchev–Trinajstić information content (AvgIpc) is 2.41. The fourth-order valence-electron chi connectivity index (χ4n) is 2.29. The van der Waals surface area contributed by atoms with Gasteiger partial charge < -0.3 is 11.1 Å². The van der Waals surface area contributed by atoms with Gasteiger partial charge in [-0.15, -0.1) is 11.8 Å². The second kappa shape index (κ2) is 7.20. The van der Waals surface area contributed by atoms with Gasteiger partial charge in [0.15, 0.2) is 0 Å². The fraction of sp³-hybridized carbons (Fsp3) is 0.500. The lowest BCUT2D eigenvalue weighted by atomic mass is 9.95. The molecule has 3 N–H and O–H groups in total. The molecule has 0 saturated heterocycles. The van der Waals surface area contributed by atoms with Crippen LogP contribution >= 0.6 is 27.7 Å². The van der Waals surface area contributed by atoms with Gasteiger partial charge in [0.1, 0.15) is 0 Å². The monoisotopic (exact) mass is 342 g/mol. The Kier molecular flexibility index (Phi) is 5.58. The lowest BCUT2D eigenvalue weighted by Crippen LogP contribution is -2.37. The van der Waals surface area contributed by atoms with Crippen LogP contribution < -0.4 is 11.1 Å². The first-order chi connectivity index (χ1) is 9.15. The third-order valence-corrected chi connectivity index (χ3v) is 4.87. The number of halogens is 1. The highest BCUT2D eigenvalue weighted by atomic mass is 79.9. The Labute approximate surface area is 126 Å². The molecule has 2 rings (SSSR count). The van der Waals surface area contributed by atoms with Crippen LogP contribution in [0.1, 0.15) is 32.1 Å². The van der Waals surface area contributed by atoms with Crippen molar-refractivity contribution in [1.82, 2.24) is 5.32 Å². The smallest absolute Gasteiger partial charge is 0.230 e. The summed E-state index contributed by atoms with van der Waals surface area (Å²) in [7, 11) is 0. The zero-order chi connectivity index (χ0) is 13.7. The molecule has 1 aliphatic rings. The number of carbonyl (C=O) groups excluding carboxylic acids is 1.